The highest BCUT2D eigenvalue weighted by molar-refractivity contribution is 7.20. The van der Waals surface area contributed by atoms with Crippen LogP contribution in [0.15, 0.2) is 4.79 Å². The number of rotatable bonds is 5. The van der Waals surface area contributed by atoms with Crippen molar-refractivity contribution in [3.05, 3.63) is 26.6 Å². The zero-order chi connectivity index (χ0) is 19.5. The average Bonchev–Trinajstić information content (AvgIpc) is 2.88. The normalized spacial score (nSPS) is 18.0. The zero-order valence-corrected chi connectivity index (χ0v) is 17.6. The van der Waals surface area contributed by atoms with Gasteiger partial charge in [-0.05, 0) is 64.2 Å². The van der Waals surface area contributed by atoms with Gasteiger partial charge in [0.05, 0.1) is 10.3 Å². The molecule has 0 saturated carbocycles. The molecule has 2 aromatic rings. The van der Waals surface area contributed by atoms with Gasteiger partial charge in [-0.25, -0.2) is 4.98 Å². The third-order valence-corrected chi connectivity index (χ3v) is 7.19. The van der Waals surface area contributed by atoms with E-state index < -0.39 is 0 Å². The third kappa shape index (κ3) is 4.01. The van der Waals surface area contributed by atoms with Gasteiger partial charge in [0.15, 0.2) is 0 Å². The Kier molecular flexibility index (Phi) is 6.11. The first-order valence-corrected chi connectivity index (χ1v) is 11.5. The number of fused-ring (bicyclic) bond motifs is 2. The molecule has 2 aromatic heterocycles. The first-order chi connectivity index (χ1) is 13.6. The maximum Gasteiger partial charge on any atom is 0.262 e. The van der Waals surface area contributed by atoms with E-state index in [0.717, 1.165) is 56.6 Å². The highest BCUT2D eigenvalue weighted by Crippen LogP contribution is 2.28. The molecule has 0 radical (unpaired) electrons. The van der Waals surface area contributed by atoms with Crippen LogP contribution in [0.25, 0.3) is 10.2 Å². The molecule has 0 aromatic carbocycles. The Labute approximate surface area is 169 Å². The molecule has 0 bridgehead atoms. The van der Waals surface area contributed by atoms with Crippen LogP contribution in [0.3, 0.4) is 0 Å². The minimum atomic E-state index is -0.0706. The SMILES string of the molecule is Cc1c(C(=O)NCCCN2CCCCC2)sc2nc3n(c(=O)c12)CCCCC3. The number of likely N-dealkylation sites (tertiary alicyclic amines) is 1. The van der Waals surface area contributed by atoms with Gasteiger partial charge in [-0.1, -0.05) is 12.8 Å². The average molecular weight is 403 g/mol. The van der Waals surface area contributed by atoms with E-state index in [0.29, 0.717) is 21.6 Å². The van der Waals surface area contributed by atoms with Gasteiger partial charge in [0.25, 0.3) is 11.5 Å². The standard InChI is InChI=1S/C21H30N4O2S/c1-15-17-20(23-16-9-4-2-7-14-25(16)21(17)27)28-18(15)19(26)22-10-8-13-24-11-5-3-6-12-24/h2-14H2,1H3,(H,22,26). The third-order valence-electron chi connectivity index (χ3n) is 6.00. The van der Waals surface area contributed by atoms with E-state index in [2.05, 4.69) is 10.2 Å². The molecule has 0 unspecified atom stereocenters. The minimum absolute atomic E-state index is 0.0276. The molecule has 4 heterocycles. The number of hydrogen-bond donors (Lipinski definition) is 1. The monoisotopic (exact) mass is 402 g/mol. The van der Waals surface area contributed by atoms with Gasteiger partial charge < -0.3 is 10.2 Å². The molecule has 4 rings (SSSR count). The summed E-state index contributed by atoms with van der Waals surface area (Å²) in [5.41, 5.74) is 0.811. The second kappa shape index (κ2) is 8.74. The van der Waals surface area contributed by atoms with Gasteiger partial charge >= 0.3 is 0 Å². The van der Waals surface area contributed by atoms with E-state index in [1.807, 2.05) is 11.5 Å². The van der Waals surface area contributed by atoms with Gasteiger partial charge in [0.1, 0.15) is 10.7 Å². The van der Waals surface area contributed by atoms with Crippen molar-refractivity contribution < 1.29 is 4.79 Å². The van der Waals surface area contributed by atoms with Crippen LogP contribution in [0.1, 0.15) is 66.0 Å². The quantitative estimate of drug-likeness (QED) is 0.781. The molecule has 0 spiro atoms. The number of amides is 1. The fourth-order valence-electron chi connectivity index (χ4n) is 4.39. The van der Waals surface area contributed by atoms with E-state index in [1.165, 1.54) is 43.7 Å². The number of carbonyl (C=O) groups excluding carboxylic acids is 1. The fraction of sp³-hybridized carbons (Fsp3) is 0.667. The summed E-state index contributed by atoms with van der Waals surface area (Å²) in [4.78, 5) is 34.3. The molecule has 152 valence electrons. The van der Waals surface area contributed by atoms with Crippen LogP contribution in [-0.2, 0) is 13.0 Å². The summed E-state index contributed by atoms with van der Waals surface area (Å²) in [6.45, 7) is 6.71. The number of aromatic nitrogens is 2. The summed E-state index contributed by atoms with van der Waals surface area (Å²) in [5.74, 6) is 0.809. The van der Waals surface area contributed by atoms with Crippen molar-refractivity contribution in [1.82, 2.24) is 19.8 Å². The maximum absolute atomic E-state index is 13.0. The number of nitrogens with one attached hydrogen (secondary N) is 1. The molecule has 2 aliphatic heterocycles. The van der Waals surface area contributed by atoms with Crippen molar-refractivity contribution in [3.8, 4) is 0 Å². The summed E-state index contributed by atoms with van der Waals surface area (Å²) < 4.78 is 1.83. The second-order valence-corrected chi connectivity index (χ2v) is 9.04. The molecule has 1 N–H and O–H groups in total. The zero-order valence-electron chi connectivity index (χ0n) is 16.8. The number of hydrogen-bond acceptors (Lipinski definition) is 5. The highest BCUT2D eigenvalue weighted by atomic mass is 32.1. The largest absolute Gasteiger partial charge is 0.351 e. The first-order valence-electron chi connectivity index (χ1n) is 10.7. The number of carbonyl (C=O) groups is 1. The topological polar surface area (TPSA) is 67.2 Å². The van der Waals surface area contributed by atoms with Gasteiger partial charge in [0, 0.05) is 19.5 Å². The van der Waals surface area contributed by atoms with Gasteiger partial charge in [-0.2, -0.15) is 0 Å². The smallest absolute Gasteiger partial charge is 0.262 e. The van der Waals surface area contributed by atoms with Crippen molar-refractivity contribution in [1.29, 1.82) is 0 Å². The van der Waals surface area contributed by atoms with Crippen LogP contribution in [0, 0.1) is 6.92 Å². The predicted octanol–water partition coefficient (Wildman–Crippen LogP) is 3.10. The maximum atomic E-state index is 13.0. The van der Waals surface area contributed by atoms with E-state index >= 15 is 0 Å². The Balaban J connectivity index is 1.46. The fourth-order valence-corrected chi connectivity index (χ4v) is 5.50. The molecule has 7 heteroatoms. The van der Waals surface area contributed by atoms with E-state index in [1.54, 1.807) is 0 Å². The molecule has 0 atom stereocenters. The first kappa shape index (κ1) is 19.6. The van der Waals surface area contributed by atoms with Crippen LogP contribution in [0.4, 0.5) is 0 Å². The summed E-state index contributed by atoms with van der Waals surface area (Å²) >= 11 is 1.36. The van der Waals surface area contributed by atoms with Crippen molar-refractivity contribution in [2.75, 3.05) is 26.2 Å². The molecule has 2 aliphatic rings. The highest BCUT2D eigenvalue weighted by Gasteiger charge is 2.22. The molecule has 1 amide bonds. The van der Waals surface area contributed by atoms with Crippen molar-refractivity contribution in [3.63, 3.8) is 0 Å². The summed E-state index contributed by atoms with van der Waals surface area (Å²) in [7, 11) is 0. The van der Waals surface area contributed by atoms with Crippen molar-refractivity contribution in [2.45, 2.75) is 64.8 Å². The second-order valence-electron chi connectivity index (χ2n) is 8.04. The molecule has 1 fully saturated rings. The van der Waals surface area contributed by atoms with E-state index in [-0.39, 0.29) is 11.5 Å². The van der Waals surface area contributed by atoms with Crippen LogP contribution < -0.4 is 10.9 Å². The van der Waals surface area contributed by atoms with Gasteiger partial charge in [-0.3, -0.25) is 14.2 Å². The summed E-state index contributed by atoms with van der Waals surface area (Å²) in [6, 6.07) is 0. The summed E-state index contributed by atoms with van der Waals surface area (Å²) in [6.07, 6.45) is 8.97. The molecule has 0 aliphatic carbocycles. The Bertz CT molecular complexity index is 911. The predicted molar refractivity (Wildman–Crippen MR) is 113 cm³/mol. The van der Waals surface area contributed by atoms with Crippen molar-refractivity contribution in [2.24, 2.45) is 0 Å². The van der Waals surface area contributed by atoms with Crippen LogP contribution in [0.5, 0.6) is 0 Å². The van der Waals surface area contributed by atoms with Gasteiger partial charge in [0.2, 0.25) is 0 Å². The summed E-state index contributed by atoms with van der Waals surface area (Å²) in [5, 5.41) is 3.68. The Morgan fingerprint density at radius 2 is 1.86 bits per heavy atom. The lowest BCUT2D eigenvalue weighted by Gasteiger charge is -2.26. The number of nitrogens with zero attached hydrogens (tertiary/aromatic N) is 3. The number of aryl methyl sites for hydroxylation is 2. The Hall–Kier alpha value is -1.73. The Morgan fingerprint density at radius 1 is 1.11 bits per heavy atom. The van der Waals surface area contributed by atoms with Gasteiger partial charge in [-0.15, -0.1) is 11.3 Å². The number of thiophene rings is 1. The molecular weight excluding hydrogens is 372 g/mol. The molecule has 1 saturated heterocycles. The van der Waals surface area contributed by atoms with Crippen LogP contribution in [-0.4, -0.2) is 46.5 Å². The molecule has 28 heavy (non-hydrogen) atoms. The lowest BCUT2D eigenvalue weighted by molar-refractivity contribution is 0.0954. The minimum Gasteiger partial charge on any atom is -0.351 e. The lowest BCUT2D eigenvalue weighted by Crippen LogP contribution is -2.33. The van der Waals surface area contributed by atoms with Crippen LogP contribution >= 0.6 is 11.3 Å². The van der Waals surface area contributed by atoms with Crippen molar-refractivity contribution >= 4 is 27.5 Å². The lowest BCUT2D eigenvalue weighted by atomic mass is 10.1. The van der Waals surface area contributed by atoms with E-state index in [9.17, 15) is 9.59 Å². The Morgan fingerprint density at radius 3 is 2.68 bits per heavy atom. The van der Waals surface area contributed by atoms with E-state index in [4.69, 9.17) is 4.98 Å². The molecule has 6 nitrogen and oxygen atoms in total. The van der Waals surface area contributed by atoms with Crippen LogP contribution in [0.2, 0.25) is 0 Å². The molecular formula is C21H30N4O2S. The number of piperidine rings is 1.